The van der Waals surface area contributed by atoms with Gasteiger partial charge >= 0.3 is 0 Å². The molecule has 0 aromatic rings. The van der Waals surface area contributed by atoms with Gasteiger partial charge in [0.15, 0.2) is 0 Å². The first kappa shape index (κ1) is 15.5. The highest BCUT2D eigenvalue weighted by Gasteiger charge is 2.26. The van der Waals surface area contributed by atoms with Gasteiger partial charge in [-0.25, -0.2) is 0 Å². The van der Waals surface area contributed by atoms with Gasteiger partial charge in [-0.05, 0) is 32.1 Å². The molecule has 106 valence electrons. The van der Waals surface area contributed by atoms with Crippen LogP contribution in [0.1, 0.15) is 60.3 Å². The Kier molecular flexibility index (Phi) is 5.64. The number of carbonyl (C=O) groups is 1. The molecular formula is C15H30N2O. The molecule has 1 amide bonds. The van der Waals surface area contributed by atoms with Gasteiger partial charge in [-0.3, -0.25) is 4.79 Å². The molecular weight excluding hydrogens is 224 g/mol. The minimum absolute atomic E-state index is 0.0719. The van der Waals surface area contributed by atoms with E-state index in [1.165, 1.54) is 12.8 Å². The standard InChI is InChI=1S/C15H30N2O/c1-12(16-13(2)15(3,4)5)14(18)17-10-8-6-7-9-11-17/h12-13,16H,6-11H2,1-5H3. The van der Waals surface area contributed by atoms with Crippen molar-refractivity contribution >= 4 is 5.91 Å². The summed E-state index contributed by atoms with van der Waals surface area (Å²) < 4.78 is 0. The maximum Gasteiger partial charge on any atom is 0.239 e. The third kappa shape index (κ3) is 4.60. The molecule has 0 aliphatic carbocycles. The molecule has 3 nitrogen and oxygen atoms in total. The van der Waals surface area contributed by atoms with Crippen LogP contribution in [0.5, 0.6) is 0 Å². The molecule has 0 radical (unpaired) electrons. The summed E-state index contributed by atoms with van der Waals surface area (Å²) in [6.45, 7) is 12.6. The number of carbonyl (C=O) groups excluding carboxylic acids is 1. The quantitative estimate of drug-likeness (QED) is 0.840. The Labute approximate surface area is 112 Å². The van der Waals surface area contributed by atoms with E-state index in [0.29, 0.717) is 6.04 Å². The summed E-state index contributed by atoms with van der Waals surface area (Å²) >= 11 is 0. The van der Waals surface area contributed by atoms with Crippen molar-refractivity contribution in [2.45, 2.75) is 72.4 Å². The normalized spacial score (nSPS) is 21.3. The van der Waals surface area contributed by atoms with Gasteiger partial charge in [0.2, 0.25) is 5.91 Å². The van der Waals surface area contributed by atoms with E-state index in [1.54, 1.807) is 0 Å². The average molecular weight is 254 g/mol. The van der Waals surface area contributed by atoms with Crippen molar-refractivity contribution in [3.8, 4) is 0 Å². The molecule has 0 bridgehead atoms. The van der Waals surface area contributed by atoms with Gasteiger partial charge in [0.05, 0.1) is 6.04 Å². The first-order chi connectivity index (χ1) is 8.32. The first-order valence-electron chi connectivity index (χ1n) is 7.37. The highest BCUT2D eigenvalue weighted by atomic mass is 16.2. The van der Waals surface area contributed by atoms with E-state index in [9.17, 15) is 4.79 Å². The van der Waals surface area contributed by atoms with E-state index in [1.807, 2.05) is 11.8 Å². The van der Waals surface area contributed by atoms with Crippen LogP contribution in [0.2, 0.25) is 0 Å². The van der Waals surface area contributed by atoms with Crippen molar-refractivity contribution in [2.75, 3.05) is 13.1 Å². The topological polar surface area (TPSA) is 32.3 Å². The number of hydrogen-bond acceptors (Lipinski definition) is 2. The SMILES string of the molecule is CC(NC(C)C(C)(C)C)C(=O)N1CCCCCC1. The lowest BCUT2D eigenvalue weighted by atomic mass is 9.87. The fourth-order valence-electron chi connectivity index (χ4n) is 2.26. The van der Waals surface area contributed by atoms with Crippen LogP contribution >= 0.6 is 0 Å². The summed E-state index contributed by atoms with van der Waals surface area (Å²) in [5.41, 5.74) is 0.188. The van der Waals surface area contributed by atoms with Crippen molar-refractivity contribution in [1.82, 2.24) is 10.2 Å². The van der Waals surface area contributed by atoms with Crippen molar-refractivity contribution in [2.24, 2.45) is 5.41 Å². The molecule has 3 heteroatoms. The summed E-state index contributed by atoms with van der Waals surface area (Å²) in [7, 11) is 0. The molecule has 0 spiro atoms. The summed E-state index contributed by atoms with van der Waals surface area (Å²) in [5, 5.41) is 3.45. The second kappa shape index (κ2) is 6.55. The summed E-state index contributed by atoms with van der Waals surface area (Å²) in [6, 6.07) is 0.265. The highest BCUT2D eigenvalue weighted by molar-refractivity contribution is 5.81. The monoisotopic (exact) mass is 254 g/mol. The molecule has 0 saturated carbocycles. The van der Waals surface area contributed by atoms with Crippen LogP contribution in [0.15, 0.2) is 0 Å². The maximum atomic E-state index is 12.4. The van der Waals surface area contributed by atoms with E-state index in [2.05, 4.69) is 33.0 Å². The smallest absolute Gasteiger partial charge is 0.239 e. The number of hydrogen-bond donors (Lipinski definition) is 1. The van der Waals surface area contributed by atoms with E-state index >= 15 is 0 Å². The number of nitrogens with one attached hydrogen (secondary N) is 1. The van der Waals surface area contributed by atoms with Crippen LogP contribution in [-0.2, 0) is 4.79 Å². The van der Waals surface area contributed by atoms with Gasteiger partial charge in [0.1, 0.15) is 0 Å². The molecule has 1 heterocycles. The first-order valence-corrected chi connectivity index (χ1v) is 7.37. The molecule has 0 aromatic carbocycles. The lowest BCUT2D eigenvalue weighted by molar-refractivity contribution is -0.133. The van der Waals surface area contributed by atoms with Crippen molar-refractivity contribution in [1.29, 1.82) is 0 Å². The number of likely N-dealkylation sites (tertiary alicyclic amines) is 1. The predicted octanol–water partition coefficient (Wildman–Crippen LogP) is 2.80. The van der Waals surface area contributed by atoms with E-state index in [0.717, 1.165) is 25.9 Å². The molecule has 1 N–H and O–H groups in total. The molecule has 1 aliphatic rings. The fraction of sp³-hybridized carbons (Fsp3) is 0.933. The zero-order valence-electron chi connectivity index (χ0n) is 12.8. The van der Waals surface area contributed by atoms with Gasteiger partial charge in [-0.2, -0.15) is 0 Å². The molecule has 18 heavy (non-hydrogen) atoms. The van der Waals surface area contributed by atoms with Crippen molar-refractivity contribution in [3.63, 3.8) is 0 Å². The van der Waals surface area contributed by atoms with Crippen LogP contribution in [-0.4, -0.2) is 36.0 Å². The molecule has 1 rings (SSSR count). The average Bonchev–Trinajstić information content (AvgIpc) is 2.55. The van der Waals surface area contributed by atoms with Crippen LogP contribution in [0.3, 0.4) is 0 Å². The summed E-state index contributed by atoms with van der Waals surface area (Å²) in [4.78, 5) is 14.4. The van der Waals surface area contributed by atoms with Gasteiger partial charge < -0.3 is 10.2 Å². The van der Waals surface area contributed by atoms with Crippen LogP contribution in [0, 0.1) is 5.41 Å². The molecule has 1 aliphatic heterocycles. The zero-order valence-corrected chi connectivity index (χ0v) is 12.8. The summed E-state index contributed by atoms with van der Waals surface area (Å²) in [5.74, 6) is 0.271. The Bertz CT molecular complexity index is 262. The van der Waals surface area contributed by atoms with Crippen molar-refractivity contribution < 1.29 is 4.79 Å². The number of nitrogens with zero attached hydrogens (tertiary/aromatic N) is 1. The van der Waals surface area contributed by atoms with E-state index in [-0.39, 0.29) is 17.4 Å². The third-order valence-electron chi connectivity index (χ3n) is 4.09. The molecule has 2 atom stereocenters. The molecule has 2 unspecified atom stereocenters. The maximum absolute atomic E-state index is 12.4. The highest BCUT2D eigenvalue weighted by Crippen LogP contribution is 2.19. The Morgan fingerprint density at radius 2 is 1.56 bits per heavy atom. The van der Waals surface area contributed by atoms with Gasteiger partial charge in [0, 0.05) is 19.1 Å². The second-order valence-electron chi connectivity index (χ2n) is 6.72. The minimum atomic E-state index is -0.0719. The van der Waals surface area contributed by atoms with Gasteiger partial charge in [-0.1, -0.05) is 33.6 Å². The lowest BCUT2D eigenvalue weighted by Gasteiger charge is -2.32. The van der Waals surface area contributed by atoms with Crippen molar-refractivity contribution in [3.05, 3.63) is 0 Å². The van der Waals surface area contributed by atoms with Gasteiger partial charge in [-0.15, -0.1) is 0 Å². The summed E-state index contributed by atoms with van der Waals surface area (Å²) in [6.07, 6.45) is 4.86. The number of amides is 1. The minimum Gasteiger partial charge on any atom is -0.341 e. The largest absolute Gasteiger partial charge is 0.341 e. The fourth-order valence-corrected chi connectivity index (χ4v) is 2.26. The van der Waals surface area contributed by atoms with Crippen LogP contribution in [0.4, 0.5) is 0 Å². The Hall–Kier alpha value is -0.570. The number of rotatable bonds is 3. The second-order valence-corrected chi connectivity index (χ2v) is 6.72. The lowest BCUT2D eigenvalue weighted by Crippen LogP contribution is -2.51. The Morgan fingerprint density at radius 3 is 2.00 bits per heavy atom. The van der Waals surface area contributed by atoms with E-state index < -0.39 is 0 Å². The predicted molar refractivity (Wildman–Crippen MR) is 76.6 cm³/mol. The van der Waals surface area contributed by atoms with Gasteiger partial charge in [0.25, 0.3) is 0 Å². The molecule has 1 fully saturated rings. The van der Waals surface area contributed by atoms with E-state index in [4.69, 9.17) is 0 Å². The third-order valence-corrected chi connectivity index (χ3v) is 4.09. The molecule has 1 saturated heterocycles. The van der Waals surface area contributed by atoms with Crippen LogP contribution < -0.4 is 5.32 Å². The molecule has 0 aromatic heterocycles. The van der Waals surface area contributed by atoms with Crippen LogP contribution in [0.25, 0.3) is 0 Å². The Balaban J connectivity index is 2.49. The Morgan fingerprint density at radius 1 is 1.06 bits per heavy atom. The zero-order chi connectivity index (χ0) is 13.8.